The molecule has 2 rings (SSSR count). The molecule has 1 aromatic heterocycles. The van der Waals surface area contributed by atoms with Crippen LogP contribution in [0, 0.1) is 0 Å². The van der Waals surface area contributed by atoms with Crippen LogP contribution in [0.15, 0.2) is 41.3 Å². The van der Waals surface area contributed by atoms with Gasteiger partial charge in [0.15, 0.2) is 9.84 Å². The monoisotopic (exact) mass is 293 g/mol. The van der Waals surface area contributed by atoms with Gasteiger partial charge < -0.3 is 10.1 Å². The van der Waals surface area contributed by atoms with Crippen molar-refractivity contribution in [2.75, 3.05) is 13.3 Å². The topological polar surface area (TPSA) is 81.2 Å². The van der Waals surface area contributed by atoms with Crippen molar-refractivity contribution in [3.8, 4) is 11.6 Å². The molecule has 0 amide bonds. The van der Waals surface area contributed by atoms with Crippen molar-refractivity contribution >= 4 is 9.84 Å². The molecule has 20 heavy (non-hydrogen) atoms. The summed E-state index contributed by atoms with van der Waals surface area (Å²) in [6.45, 7) is 0.635. The quantitative estimate of drug-likeness (QED) is 0.897. The first-order valence-corrected chi connectivity index (χ1v) is 7.83. The number of nitrogens with one attached hydrogen (secondary N) is 1. The molecule has 0 aliphatic carbocycles. The molecule has 0 unspecified atom stereocenters. The number of benzene rings is 1. The maximum Gasteiger partial charge on any atom is 0.238 e. The number of ether oxygens (including phenoxy) is 1. The largest absolute Gasteiger partial charge is 0.438 e. The van der Waals surface area contributed by atoms with Gasteiger partial charge >= 0.3 is 0 Å². The Morgan fingerprint density at radius 2 is 1.80 bits per heavy atom. The van der Waals surface area contributed by atoms with Crippen LogP contribution < -0.4 is 10.1 Å². The van der Waals surface area contributed by atoms with Crippen LogP contribution in [-0.2, 0) is 16.4 Å². The SMILES string of the molecule is CNCc1ccc(Oc2ccc(S(C)(=O)=O)cc2)nn1. The molecular weight excluding hydrogens is 278 g/mol. The van der Waals surface area contributed by atoms with Gasteiger partial charge in [0.2, 0.25) is 5.88 Å². The summed E-state index contributed by atoms with van der Waals surface area (Å²) in [5.74, 6) is 0.866. The molecule has 0 bridgehead atoms. The summed E-state index contributed by atoms with van der Waals surface area (Å²) in [4.78, 5) is 0.250. The van der Waals surface area contributed by atoms with Crippen LogP contribution in [0.3, 0.4) is 0 Å². The fourth-order valence-electron chi connectivity index (χ4n) is 1.55. The molecule has 0 saturated heterocycles. The number of hydrogen-bond acceptors (Lipinski definition) is 6. The first kappa shape index (κ1) is 14.4. The van der Waals surface area contributed by atoms with Crippen molar-refractivity contribution in [1.82, 2.24) is 15.5 Å². The van der Waals surface area contributed by atoms with Crippen LogP contribution in [0.4, 0.5) is 0 Å². The zero-order valence-electron chi connectivity index (χ0n) is 11.2. The van der Waals surface area contributed by atoms with Crippen LogP contribution in [0.1, 0.15) is 5.69 Å². The Morgan fingerprint density at radius 1 is 1.10 bits per heavy atom. The van der Waals surface area contributed by atoms with Crippen LogP contribution in [0.5, 0.6) is 11.6 Å². The number of sulfone groups is 1. The summed E-state index contributed by atoms with van der Waals surface area (Å²) in [5, 5.41) is 10.9. The molecule has 1 aromatic carbocycles. The van der Waals surface area contributed by atoms with E-state index in [2.05, 4.69) is 15.5 Å². The van der Waals surface area contributed by atoms with Crippen LogP contribution in [-0.4, -0.2) is 31.9 Å². The lowest BCUT2D eigenvalue weighted by atomic mass is 10.3. The van der Waals surface area contributed by atoms with Crippen molar-refractivity contribution in [3.63, 3.8) is 0 Å². The van der Waals surface area contributed by atoms with E-state index >= 15 is 0 Å². The third-order valence-electron chi connectivity index (χ3n) is 2.53. The molecule has 1 N–H and O–H groups in total. The smallest absolute Gasteiger partial charge is 0.238 e. The van der Waals surface area contributed by atoms with E-state index in [0.29, 0.717) is 18.2 Å². The summed E-state index contributed by atoms with van der Waals surface area (Å²) in [6.07, 6.45) is 1.16. The molecule has 0 aliphatic heterocycles. The lowest BCUT2D eigenvalue weighted by molar-refractivity contribution is 0.453. The van der Waals surface area contributed by atoms with Gasteiger partial charge in [-0.05, 0) is 37.4 Å². The summed E-state index contributed by atoms with van der Waals surface area (Å²) in [7, 11) is -1.37. The van der Waals surface area contributed by atoms with E-state index < -0.39 is 9.84 Å². The van der Waals surface area contributed by atoms with Gasteiger partial charge in [-0.1, -0.05) is 0 Å². The molecule has 0 radical (unpaired) electrons. The van der Waals surface area contributed by atoms with Gasteiger partial charge in [-0.25, -0.2) is 8.42 Å². The molecule has 0 atom stereocenters. The fraction of sp³-hybridized carbons (Fsp3) is 0.231. The first-order valence-electron chi connectivity index (χ1n) is 5.94. The zero-order valence-corrected chi connectivity index (χ0v) is 12.0. The molecule has 0 spiro atoms. The van der Waals surface area contributed by atoms with Crippen molar-refractivity contribution in [3.05, 3.63) is 42.1 Å². The summed E-state index contributed by atoms with van der Waals surface area (Å²) in [6, 6.07) is 9.67. The fourth-order valence-corrected chi connectivity index (χ4v) is 2.18. The Balaban J connectivity index is 2.10. The van der Waals surface area contributed by atoms with E-state index in [0.717, 1.165) is 11.9 Å². The predicted molar refractivity (Wildman–Crippen MR) is 74.4 cm³/mol. The summed E-state index contributed by atoms with van der Waals surface area (Å²) >= 11 is 0. The van der Waals surface area contributed by atoms with Gasteiger partial charge in [-0.2, -0.15) is 5.10 Å². The van der Waals surface area contributed by atoms with Crippen molar-refractivity contribution < 1.29 is 13.2 Å². The van der Waals surface area contributed by atoms with Crippen LogP contribution in [0.25, 0.3) is 0 Å². The maximum absolute atomic E-state index is 11.3. The second-order valence-corrected chi connectivity index (χ2v) is 6.25. The van der Waals surface area contributed by atoms with Gasteiger partial charge in [0.25, 0.3) is 0 Å². The number of aromatic nitrogens is 2. The molecule has 1 heterocycles. The van der Waals surface area contributed by atoms with Gasteiger partial charge in [0.1, 0.15) is 5.75 Å². The summed E-state index contributed by atoms with van der Waals surface area (Å²) in [5.41, 5.74) is 0.812. The highest BCUT2D eigenvalue weighted by molar-refractivity contribution is 7.90. The number of nitrogens with zero attached hydrogens (tertiary/aromatic N) is 2. The van der Waals surface area contributed by atoms with Gasteiger partial charge in [-0.15, -0.1) is 5.10 Å². The minimum atomic E-state index is -3.19. The van der Waals surface area contributed by atoms with Gasteiger partial charge in [0.05, 0.1) is 10.6 Å². The van der Waals surface area contributed by atoms with Gasteiger partial charge in [-0.3, -0.25) is 0 Å². The van der Waals surface area contributed by atoms with E-state index in [1.807, 2.05) is 13.1 Å². The average Bonchev–Trinajstić information content (AvgIpc) is 2.41. The number of rotatable bonds is 5. The molecule has 0 fully saturated rings. The Kier molecular flexibility index (Phi) is 4.31. The molecular formula is C13H15N3O3S. The van der Waals surface area contributed by atoms with Gasteiger partial charge in [0, 0.05) is 18.9 Å². The minimum absolute atomic E-state index is 0.250. The number of hydrogen-bond donors (Lipinski definition) is 1. The van der Waals surface area contributed by atoms with E-state index in [4.69, 9.17) is 4.74 Å². The minimum Gasteiger partial charge on any atom is -0.438 e. The van der Waals surface area contributed by atoms with Crippen molar-refractivity contribution in [2.45, 2.75) is 11.4 Å². The maximum atomic E-state index is 11.3. The van der Waals surface area contributed by atoms with E-state index in [1.165, 1.54) is 12.1 Å². The molecule has 106 valence electrons. The zero-order chi connectivity index (χ0) is 14.6. The Morgan fingerprint density at radius 3 is 2.30 bits per heavy atom. The molecule has 6 nitrogen and oxygen atoms in total. The average molecular weight is 293 g/mol. The highest BCUT2D eigenvalue weighted by Gasteiger charge is 2.07. The lowest BCUT2D eigenvalue weighted by Gasteiger charge is -2.05. The third kappa shape index (κ3) is 3.75. The Bertz CT molecular complexity index is 667. The van der Waals surface area contributed by atoms with Crippen molar-refractivity contribution in [1.29, 1.82) is 0 Å². The van der Waals surface area contributed by atoms with E-state index in [-0.39, 0.29) is 4.90 Å². The molecule has 0 aliphatic rings. The van der Waals surface area contributed by atoms with Crippen LogP contribution >= 0.6 is 0 Å². The van der Waals surface area contributed by atoms with Crippen LogP contribution in [0.2, 0.25) is 0 Å². The first-order chi connectivity index (χ1) is 9.49. The molecule has 7 heteroatoms. The standard InChI is InChI=1S/C13H15N3O3S/c1-14-9-10-3-8-13(16-15-10)19-11-4-6-12(7-5-11)20(2,17)18/h3-8,14H,9H2,1-2H3. The predicted octanol–water partition coefficient (Wildman–Crippen LogP) is 1.39. The summed E-state index contributed by atoms with van der Waals surface area (Å²) < 4.78 is 28.2. The Labute approximate surface area is 117 Å². The lowest BCUT2D eigenvalue weighted by Crippen LogP contribution is -2.07. The van der Waals surface area contributed by atoms with E-state index in [9.17, 15) is 8.42 Å². The highest BCUT2D eigenvalue weighted by Crippen LogP contribution is 2.20. The second-order valence-electron chi connectivity index (χ2n) is 4.24. The van der Waals surface area contributed by atoms with Crippen molar-refractivity contribution in [2.24, 2.45) is 0 Å². The third-order valence-corrected chi connectivity index (χ3v) is 3.66. The molecule has 0 saturated carbocycles. The molecule has 2 aromatic rings. The van der Waals surface area contributed by atoms with E-state index in [1.54, 1.807) is 18.2 Å². The second kappa shape index (κ2) is 5.98. The Hall–Kier alpha value is -1.99. The normalized spacial score (nSPS) is 11.3. The highest BCUT2D eigenvalue weighted by atomic mass is 32.2.